The van der Waals surface area contributed by atoms with E-state index in [1.165, 1.54) is 11.3 Å². The normalized spacial score (nSPS) is 13.8. The standard InChI is InChI=1S/C19H23N3O/c1-19(2,3)17-8-6-14(12-20-17)18(23)21-15-7-5-13-9-10-22(4)16(13)11-15/h5-8,11-12H,9-10H2,1-4H3,(H,21,23). The molecular weight excluding hydrogens is 286 g/mol. The summed E-state index contributed by atoms with van der Waals surface area (Å²) in [6.07, 6.45) is 2.72. The number of likely N-dealkylation sites (N-methyl/N-ethyl adjacent to an activating group) is 1. The quantitative estimate of drug-likeness (QED) is 0.921. The van der Waals surface area contributed by atoms with Crippen molar-refractivity contribution in [2.45, 2.75) is 32.6 Å². The molecule has 0 spiro atoms. The summed E-state index contributed by atoms with van der Waals surface area (Å²) < 4.78 is 0. The monoisotopic (exact) mass is 309 g/mol. The van der Waals surface area contributed by atoms with Crippen LogP contribution in [0, 0.1) is 0 Å². The summed E-state index contributed by atoms with van der Waals surface area (Å²) in [5.74, 6) is -0.126. The number of nitrogens with one attached hydrogen (secondary N) is 1. The molecule has 1 aromatic carbocycles. The molecule has 0 fully saturated rings. The molecule has 4 heteroatoms. The Morgan fingerprint density at radius 1 is 1.22 bits per heavy atom. The van der Waals surface area contributed by atoms with E-state index in [2.05, 4.69) is 49.1 Å². The van der Waals surface area contributed by atoms with Crippen LogP contribution in [0.1, 0.15) is 42.4 Å². The van der Waals surface area contributed by atoms with Crippen molar-refractivity contribution >= 4 is 17.3 Å². The SMILES string of the molecule is CN1CCc2ccc(NC(=O)c3ccc(C(C)(C)C)nc3)cc21. The first-order valence-corrected chi connectivity index (χ1v) is 7.96. The number of amides is 1. The van der Waals surface area contributed by atoms with Crippen molar-refractivity contribution in [2.75, 3.05) is 23.8 Å². The highest BCUT2D eigenvalue weighted by molar-refractivity contribution is 6.04. The predicted molar refractivity (Wildman–Crippen MR) is 94.3 cm³/mol. The Balaban J connectivity index is 1.76. The van der Waals surface area contributed by atoms with Crippen molar-refractivity contribution in [3.05, 3.63) is 53.3 Å². The molecule has 0 unspecified atom stereocenters. The van der Waals surface area contributed by atoms with Gasteiger partial charge in [0.15, 0.2) is 0 Å². The van der Waals surface area contributed by atoms with Crippen molar-refractivity contribution in [3.8, 4) is 0 Å². The first-order valence-electron chi connectivity index (χ1n) is 7.96. The third kappa shape index (κ3) is 3.21. The maximum atomic E-state index is 12.4. The summed E-state index contributed by atoms with van der Waals surface area (Å²) >= 11 is 0. The number of pyridine rings is 1. The Bertz CT molecular complexity index is 729. The molecule has 0 saturated heterocycles. The van der Waals surface area contributed by atoms with E-state index in [0.717, 1.165) is 24.3 Å². The Kier molecular flexibility index (Phi) is 3.84. The zero-order valence-corrected chi connectivity index (χ0v) is 14.2. The second kappa shape index (κ2) is 5.69. The maximum Gasteiger partial charge on any atom is 0.257 e. The van der Waals surface area contributed by atoms with Gasteiger partial charge >= 0.3 is 0 Å². The summed E-state index contributed by atoms with van der Waals surface area (Å²) in [5, 5.41) is 2.96. The number of benzene rings is 1. The van der Waals surface area contributed by atoms with E-state index >= 15 is 0 Å². The molecule has 1 N–H and O–H groups in total. The van der Waals surface area contributed by atoms with E-state index in [1.807, 2.05) is 24.3 Å². The zero-order valence-electron chi connectivity index (χ0n) is 14.2. The van der Waals surface area contributed by atoms with Crippen molar-refractivity contribution < 1.29 is 4.79 Å². The largest absolute Gasteiger partial charge is 0.374 e. The second-order valence-corrected chi connectivity index (χ2v) is 7.15. The molecule has 0 aliphatic carbocycles. The van der Waals surface area contributed by atoms with Gasteiger partial charge in [0.05, 0.1) is 5.56 Å². The lowest BCUT2D eigenvalue weighted by atomic mass is 9.91. The summed E-state index contributed by atoms with van der Waals surface area (Å²) in [5.41, 5.74) is 4.90. The average Bonchev–Trinajstić information content (AvgIpc) is 2.88. The van der Waals surface area contributed by atoms with Gasteiger partial charge in [0.25, 0.3) is 5.91 Å². The molecule has 1 aromatic heterocycles. The molecule has 2 aromatic rings. The van der Waals surface area contributed by atoms with Gasteiger partial charge in [-0.2, -0.15) is 0 Å². The number of nitrogens with zero attached hydrogens (tertiary/aromatic N) is 2. The fourth-order valence-electron chi connectivity index (χ4n) is 2.79. The van der Waals surface area contributed by atoms with Gasteiger partial charge in [-0.3, -0.25) is 9.78 Å². The van der Waals surface area contributed by atoms with Gasteiger partial charge in [0, 0.05) is 42.3 Å². The van der Waals surface area contributed by atoms with Gasteiger partial charge in [-0.15, -0.1) is 0 Å². The third-order valence-corrected chi connectivity index (χ3v) is 4.27. The molecule has 0 atom stereocenters. The number of hydrogen-bond donors (Lipinski definition) is 1. The lowest BCUT2D eigenvalue weighted by Gasteiger charge is -2.17. The molecule has 1 aliphatic rings. The fraction of sp³-hybridized carbons (Fsp3) is 0.368. The van der Waals surface area contributed by atoms with Crippen LogP contribution < -0.4 is 10.2 Å². The highest BCUT2D eigenvalue weighted by Crippen LogP contribution is 2.29. The van der Waals surface area contributed by atoms with Crippen LogP contribution in [0.2, 0.25) is 0 Å². The van der Waals surface area contributed by atoms with Crippen LogP contribution in [0.5, 0.6) is 0 Å². The summed E-state index contributed by atoms with van der Waals surface area (Å²) in [6, 6.07) is 9.85. The van der Waals surface area contributed by atoms with E-state index in [0.29, 0.717) is 5.56 Å². The van der Waals surface area contributed by atoms with Gasteiger partial charge in [-0.1, -0.05) is 26.8 Å². The molecule has 23 heavy (non-hydrogen) atoms. The van der Waals surface area contributed by atoms with Gasteiger partial charge in [0.2, 0.25) is 0 Å². The Labute approximate surface area is 137 Å². The molecular formula is C19H23N3O. The topological polar surface area (TPSA) is 45.2 Å². The second-order valence-electron chi connectivity index (χ2n) is 7.15. The van der Waals surface area contributed by atoms with Crippen molar-refractivity contribution in [1.29, 1.82) is 0 Å². The van der Waals surface area contributed by atoms with Gasteiger partial charge in [-0.25, -0.2) is 0 Å². The minimum absolute atomic E-state index is 0.0143. The Hall–Kier alpha value is -2.36. The van der Waals surface area contributed by atoms with Crippen molar-refractivity contribution in [2.24, 2.45) is 0 Å². The first-order chi connectivity index (χ1) is 10.8. The minimum Gasteiger partial charge on any atom is -0.374 e. The lowest BCUT2D eigenvalue weighted by molar-refractivity contribution is 0.102. The number of anilines is 2. The molecule has 0 saturated carbocycles. The van der Waals surface area contributed by atoms with Gasteiger partial charge in [0.1, 0.15) is 0 Å². The predicted octanol–water partition coefficient (Wildman–Crippen LogP) is 3.62. The summed E-state index contributed by atoms with van der Waals surface area (Å²) in [6.45, 7) is 7.35. The highest BCUT2D eigenvalue weighted by Gasteiger charge is 2.18. The summed E-state index contributed by atoms with van der Waals surface area (Å²) in [7, 11) is 2.08. The Morgan fingerprint density at radius 2 is 2.00 bits per heavy atom. The van der Waals surface area contributed by atoms with Crippen LogP contribution in [0.3, 0.4) is 0 Å². The van der Waals surface area contributed by atoms with Crippen LogP contribution in [-0.4, -0.2) is 24.5 Å². The van der Waals surface area contributed by atoms with Crippen LogP contribution in [0.15, 0.2) is 36.5 Å². The van der Waals surface area contributed by atoms with Gasteiger partial charge < -0.3 is 10.2 Å². The van der Waals surface area contributed by atoms with E-state index in [4.69, 9.17) is 0 Å². The molecule has 0 bridgehead atoms. The number of fused-ring (bicyclic) bond motifs is 1. The summed E-state index contributed by atoms with van der Waals surface area (Å²) in [4.78, 5) is 19.0. The Morgan fingerprint density at radius 3 is 2.65 bits per heavy atom. The maximum absolute atomic E-state index is 12.4. The first kappa shape index (κ1) is 15.5. The van der Waals surface area contributed by atoms with Gasteiger partial charge in [-0.05, 0) is 36.2 Å². The molecule has 4 nitrogen and oxygen atoms in total. The van der Waals surface area contributed by atoms with Crippen molar-refractivity contribution in [3.63, 3.8) is 0 Å². The molecule has 3 rings (SSSR count). The van der Waals surface area contributed by atoms with Crippen LogP contribution in [0.4, 0.5) is 11.4 Å². The molecule has 2 heterocycles. The van der Waals surface area contributed by atoms with Crippen molar-refractivity contribution in [1.82, 2.24) is 4.98 Å². The smallest absolute Gasteiger partial charge is 0.257 e. The van der Waals surface area contributed by atoms with Crippen LogP contribution in [0.25, 0.3) is 0 Å². The number of aromatic nitrogens is 1. The lowest BCUT2D eigenvalue weighted by Crippen LogP contribution is -2.16. The zero-order chi connectivity index (χ0) is 16.6. The van der Waals surface area contributed by atoms with E-state index < -0.39 is 0 Å². The molecule has 0 radical (unpaired) electrons. The third-order valence-electron chi connectivity index (χ3n) is 4.27. The highest BCUT2D eigenvalue weighted by atomic mass is 16.1. The average molecular weight is 309 g/mol. The number of carbonyl (C=O) groups excluding carboxylic acids is 1. The molecule has 1 amide bonds. The number of carbonyl (C=O) groups is 1. The molecule has 120 valence electrons. The van der Waals surface area contributed by atoms with Crippen LogP contribution in [-0.2, 0) is 11.8 Å². The number of hydrogen-bond acceptors (Lipinski definition) is 3. The van der Waals surface area contributed by atoms with Crippen LogP contribution >= 0.6 is 0 Å². The van der Waals surface area contributed by atoms with E-state index in [1.54, 1.807) is 6.20 Å². The van der Waals surface area contributed by atoms with E-state index in [9.17, 15) is 4.79 Å². The fourth-order valence-corrected chi connectivity index (χ4v) is 2.79. The minimum atomic E-state index is -0.126. The van der Waals surface area contributed by atoms with E-state index in [-0.39, 0.29) is 11.3 Å². The molecule has 1 aliphatic heterocycles. The number of rotatable bonds is 2.